The molecule has 0 radical (unpaired) electrons. The smallest absolute Gasteiger partial charge is 0.263 e. The number of aryl methyl sites for hydroxylation is 1. The molecule has 7 heteroatoms. The molecule has 0 aliphatic carbocycles. The molecule has 0 unspecified atom stereocenters. The fourth-order valence-corrected chi connectivity index (χ4v) is 2.66. The summed E-state index contributed by atoms with van der Waals surface area (Å²) >= 11 is 0. The van der Waals surface area contributed by atoms with Crippen LogP contribution in [0.5, 0.6) is 0 Å². The summed E-state index contributed by atoms with van der Waals surface area (Å²) in [6.45, 7) is 1.87. The highest BCUT2D eigenvalue weighted by atomic mass is 32.2. The average molecular weight is 269 g/mol. The van der Waals surface area contributed by atoms with Gasteiger partial charge in [-0.05, 0) is 18.6 Å². The van der Waals surface area contributed by atoms with Gasteiger partial charge in [0.2, 0.25) is 0 Å². The molecule has 5 nitrogen and oxygen atoms in total. The van der Waals surface area contributed by atoms with Crippen molar-refractivity contribution in [3.05, 3.63) is 41.8 Å². The van der Waals surface area contributed by atoms with Crippen LogP contribution >= 0.6 is 0 Å². The summed E-state index contributed by atoms with van der Waals surface area (Å²) in [7, 11) is -3.94. The lowest BCUT2D eigenvalue weighted by Gasteiger charge is -2.08. The standard InChI is InChI=1S/C11H12FN3O2S/c1-2-8-7-13-14-11(8)15-18(16,17)10-6-4-3-5-9(10)12/h3-7H,2H2,1H3,(H2,13,14,15). The SMILES string of the molecule is CCc1cn[nH]c1NS(=O)(=O)c1ccccc1F. The van der Waals surface area contributed by atoms with E-state index in [2.05, 4.69) is 14.9 Å². The second-order valence-corrected chi connectivity index (χ2v) is 5.31. The molecule has 1 heterocycles. The van der Waals surface area contributed by atoms with E-state index in [4.69, 9.17) is 0 Å². The zero-order chi connectivity index (χ0) is 13.2. The number of nitrogens with zero attached hydrogens (tertiary/aromatic N) is 1. The Morgan fingerprint density at radius 1 is 1.39 bits per heavy atom. The Labute approximate surface area is 104 Å². The second-order valence-electron chi connectivity index (χ2n) is 3.66. The van der Waals surface area contributed by atoms with E-state index >= 15 is 0 Å². The molecule has 0 atom stereocenters. The van der Waals surface area contributed by atoms with Gasteiger partial charge in [0, 0.05) is 5.56 Å². The van der Waals surface area contributed by atoms with Gasteiger partial charge in [-0.25, -0.2) is 12.8 Å². The van der Waals surface area contributed by atoms with E-state index in [9.17, 15) is 12.8 Å². The number of hydrogen-bond donors (Lipinski definition) is 2. The fraction of sp³-hybridized carbons (Fsp3) is 0.182. The highest BCUT2D eigenvalue weighted by molar-refractivity contribution is 7.92. The number of hydrogen-bond acceptors (Lipinski definition) is 3. The van der Waals surface area contributed by atoms with Gasteiger partial charge in [0.05, 0.1) is 6.20 Å². The number of H-pyrrole nitrogens is 1. The minimum Gasteiger partial charge on any atom is -0.263 e. The molecule has 18 heavy (non-hydrogen) atoms. The van der Waals surface area contributed by atoms with E-state index in [1.165, 1.54) is 24.4 Å². The zero-order valence-corrected chi connectivity index (χ0v) is 10.5. The van der Waals surface area contributed by atoms with Crippen molar-refractivity contribution in [3.63, 3.8) is 0 Å². The van der Waals surface area contributed by atoms with E-state index in [0.29, 0.717) is 6.42 Å². The minimum absolute atomic E-state index is 0.265. The minimum atomic E-state index is -3.94. The molecule has 2 rings (SSSR count). The van der Waals surface area contributed by atoms with Crippen LogP contribution in [0.15, 0.2) is 35.4 Å². The number of anilines is 1. The quantitative estimate of drug-likeness (QED) is 0.890. The van der Waals surface area contributed by atoms with E-state index in [0.717, 1.165) is 11.6 Å². The highest BCUT2D eigenvalue weighted by Gasteiger charge is 2.20. The van der Waals surface area contributed by atoms with Crippen LogP contribution in [0.1, 0.15) is 12.5 Å². The summed E-state index contributed by atoms with van der Waals surface area (Å²) in [6, 6.07) is 5.20. The van der Waals surface area contributed by atoms with Crippen LogP contribution in [-0.2, 0) is 16.4 Å². The molecular weight excluding hydrogens is 257 g/mol. The molecule has 96 valence electrons. The average Bonchev–Trinajstić information content (AvgIpc) is 2.76. The van der Waals surface area contributed by atoms with Gasteiger partial charge in [0.25, 0.3) is 10.0 Å². The second kappa shape index (κ2) is 4.77. The van der Waals surface area contributed by atoms with Crippen LogP contribution in [0.2, 0.25) is 0 Å². The van der Waals surface area contributed by atoms with Crippen LogP contribution in [0.4, 0.5) is 10.2 Å². The van der Waals surface area contributed by atoms with Crippen molar-refractivity contribution in [2.75, 3.05) is 4.72 Å². The third-order valence-corrected chi connectivity index (χ3v) is 3.84. The van der Waals surface area contributed by atoms with Gasteiger partial charge in [0.1, 0.15) is 16.5 Å². The Hall–Kier alpha value is -1.89. The first-order valence-corrected chi connectivity index (χ1v) is 6.82. The van der Waals surface area contributed by atoms with Gasteiger partial charge < -0.3 is 0 Å². The van der Waals surface area contributed by atoms with Crippen LogP contribution < -0.4 is 4.72 Å². The molecule has 0 aliphatic rings. The van der Waals surface area contributed by atoms with Gasteiger partial charge in [-0.2, -0.15) is 5.10 Å². The van der Waals surface area contributed by atoms with Crippen molar-refractivity contribution in [2.24, 2.45) is 0 Å². The summed E-state index contributed by atoms with van der Waals surface area (Å²) in [4.78, 5) is -0.387. The number of aromatic amines is 1. The first-order valence-electron chi connectivity index (χ1n) is 5.34. The third-order valence-electron chi connectivity index (χ3n) is 2.46. The van der Waals surface area contributed by atoms with Gasteiger partial charge >= 0.3 is 0 Å². The van der Waals surface area contributed by atoms with E-state index in [1.807, 2.05) is 6.92 Å². The number of halogens is 1. The molecule has 0 amide bonds. The van der Waals surface area contributed by atoms with Gasteiger partial charge in [-0.15, -0.1) is 0 Å². The molecule has 0 spiro atoms. The Kier molecular flexibility index (Phi) is 3.33. The van der Waals surface area contributed by atoms with Crippen LogP contribution in [0, 0.1) is 5.82 Å². The maximum absolute atomic E-state index is 13.5. The predicted molar refractivity (Wildman–Crippen MR) is 65.2 cm³/mol. The summed E-state index contributed by atoms with van der Waals surface area (Å²) in [5.74, 6) is -0.525. The summed E-state index contributed by atoms with van der Waals surface area (Å²) < 4.78 is 39.7. The fourth-order valence-electron chi connectivity index (χ4n) is 1.52. The summed E-state index contributed by atoms with van der Waals surface area (Å²) in [5.41, 5.74) is 0.718. The van der Waals surface area contributed by atoms with Crippen molar-refractivity contribution in [2.45, 2.75) is 18.2 Å². The van der Waals surface area contributed by atoms with Crippen molar-refractivity contribution >= 4 is 15.8 Å². The molecule has 0 fully saturated rings. The lowest BCUT2D eigenvalue weighted by molar-refractivity contribution is 0.570. The third kappa shape index (κ3) is 2.35. The molecular formula is C11H12FN3O2S. The Morgan fingerprint density at radius 3 is 2.78 bits per heavy atom. The van der Waals surface area contributed by atoms with Crippen LogP contribution in [0.3, 0.4) is 0 Å². The van der Waals surface area contributed by atoms with Crippen molar-refractivity contribution in [1.82, 2.24) is 10.2 Å². The molecule has 1 aromatic carbocycles. The monoisotopic (exact) mass is 269 g/mol. The molecule has 0 aliphatic heterocycles. The number of rotatable bonds is 4. The lowest BCUT2D eigenvalue weighted by Crippen LogP contribution is -2.15. The first kappa shape index (κ1) is 12.6. The zero-order valence-electron chi connectivity index (χ0n) is 9.64. The highest BCUT2D eigenvalue weighted by Crippen LogP contribution is 2.19. The van der Waals surface area contributed by atoms with Gasteiger partial charge in [-0.3, -0.25) is 9.82 Å². The van der Waals surface area contributed by atoms with Crippen molar-refractivity contribution in [3.8, 4) is 0 Å². The van der Waals surface area contributed by atoms with Crippen LogP contribution in [0.25, 0.3) is 0 Å². The number of benzene rings is 1. The van der Waals surface area contributed by atoms with Crippen molar-refractivity contribution in [1.29, 1.82) is 0 Å². The maximum atomic E-state index is 13.5. The molecule has 2 N–H and O–H groups in total. The van der Waals surface area contributed by atoms with Gasteiger partial charge in [0.15, 0.2) is 0 Å². The summed E-state index contributed by atoms with van der Waals surface area (Å²) in [5, 5.41) is 6.29. The predicted octanol–water partition coefficient (Wildman–Crippen LogP) is 1.91. The largest absolute Gasteiger partial charge is 0.265 e. The number of nitrogens with one attached hydrogen (secondary N) is 2. The van der Waals surface area contributed by atoms with E-state index in [1.54, 1.807) is 0 Å². The van der Waals surface area contributed by atoms with E-state index in [-0.39, 0.29) is 10.7 Å². The Morgan fingerprint density at radius 2 is 2.11 bits per heavy atom. The van der Waals surface area contributed by atoms with Gasteiger partial charge in [-0.1, -0.05) is 19.1 Å². The number of aromatic nitrogens is 2. The normalized spacial score (nSPS) is 11.4. The Bertz CT molecular complexity index is 652. The summed E-state index contributed by atoms with van der Waals surface area (Å²) in [6.07, 6.45) is 2.14. The molecule has 2 aromatic rings. The molecule has 0 saturated carbocycles. The number of sulfonamides is 1. The van der Waals surface area contributed by atoms with Crippen LogP contribution in [-0.4, -0.2) is 18.6 Å². The molecule has 0 bridgehead atoms. The molecule has 1 aromatic heterocycles. The maximum Gasteiger partial charge on any atom is 0.265 e. The topological polar surface area (TPSA) is 74.8 Å². The first-order chi connectivity index (χ1) is 8.54. The lowest BCUT2D eigenvalue weighted by atomic mass is 10.3. The molecule has 0 saturated heterocycles. The Balaban J connectivity index is 2.37. The van der Waals surface area contributed by atoms with Crippen molar-refractivity contribution < 1.29 is 12.8 Å². The van der Waals surface area contributed by atoms with E-state index < -0.39 is 15.8 Å².